The van der Waals surface area contributed by atoms with Crippen LogP contribution >= 0.6 is 0 Å². The van der Waals surface area contributed by atoms with Crippen LogP contribution in [-0.4, -0.2) is 23.4 Å². The molecule has 0 spiro atoms. The number of piperidine rings is 1. The van der Waals surface area contributed by atoms with Crippen LogP contribution in [0.1, 0.15) is 43.7 Å². The maximum absolute atomic E-state index is 13.3. The van der Waals surface area contributed by atoms with Gasteiger partial charge in [-0.1, -0.05) is 67.6 Å². The second kappa shape index (κ2) is 7.96. The number of rotatable bonds is 4. The van der Waals surface area contributed by atoms with Crippen molar-refractivity contribution in [1.82, 2.24) is 4.90 Å². The minimum Gasteiger partial charge on any atom is -0.336 e. The third-order valence-corrected chi connectivity index (χ3v) is 4.79. The Kier molecular flexibility index (Phi) is 5.47. The molecule has 2 aromatic rings. The highest BCUT2D eigenvalue weighted by molar-refractivity contribution is 6.24. The van der Waals surface area contributed by atoms with E-state index in [0.29, 0.717) is 6.04 Å². The van der Waals surface area contributed by atoms with Crippen molar-refractivity contribution in [3.63, 3.8) is 0 Å². The Labute approximate surface area is 144 Å². The fourth-order valence-electron chi connectivity index (χ4n) is 3.45. The minimum atomic E-state index is 0.164. The summed E-state index contributed by atoms with van der Waals surface area (Å²) < 4.78 is 0. The zero-order chi connectivity index (χ0) is 16.8. The molecule has 2 aromatic carbocycles. The molecule has 0 aliphatic carbocycles. The molecule has 0 aromatic heterocycles. The Bertz CT molecular complexity index is 690. The number of hydrogen-bond donors (Lipinski definition) is 0. The molecule has 0 bridgehead atoms. The molecule has 2 heteroatoms. The number of amides is 1. The molecule has 0 radical (unpaired) electrons. The van der Waals surface area contributed by atoms with Gasteiger partial charge in [0.25, 0.3) is 5.91 Å². The van der Waals surface area contributed by atoms with Gasteiger partial charge in [0, 0.05) is 18.2 Å². The van der Waals surface area contributed by atoms with Crippen molar-refractivity contribution in [3.05, 3.63) is 71.8 Å². The van der Waals surface area contributed by atoms with Gasteiger partial charge in [0.1, 0.15) is 0 Å². The highest BCUT2D eigenvalue weighted by Crippen LogP contribution is 2.26. The predicted octanol–water partition coefficient (Wildman–Crippen LogP) is 5.02. The van der Waals surface area contributed by atoms with Crippen LogP contribution in [0.15, 0.2) is 60.7 Å². The first-order valence-electron chi connectivity index (χ1n) is 8.92. The molecule has 24 heavy (non-hydrogen) atoms. The maximum atomic E-state index is 13.3. The SMILES string of the molecule is CCC1CCCCN1C(=O)C(=Cc1ccccc1)c1ccccc1. The number of benzene rings is 2. The molecule has 1 heterocycles. The summed E-state index contributed by atoms with van der Waals surface area (Å²) in [6.07, 6.45) is 6.51. The van der Waals surface area contributed by atoms with Crippen molar-refractivity contribution in [2.45, 2.75) is 38.6 Å². The molecule has 1 amide bonds. The fraction of sp³-hybridized carbons (Fsp3) is 0.318. The molecular formula is C22H25NO. The van der Waals surface area contributed by atoms with Crippen molar-refractivity contribution >= 4 is 17.6 Å². The number of hydrogen-bond acceptors (Lipinski definition) is 1. The summed E-state index contributed by atoms with van der Waals surface area (Å²) in [4.78, 5) is 15.4. The molecule has 0 N–H and O–H groups in total. The third-order valence-electron chi connectivity index (χ3n) is 4.79. The summed E-state index contributed by atoms with van der Waals surface area (Å²) in [5.74, 6) is 0.164. The van der Waals surface area contributed by atoms with Crippen LogP contribution in [0.3, 0.4) is 0 Å². The average molecular weight is 319 g/mol. The van der Waals surface area contributed by atoms with Crippen LogP contribution in [0.4, 0.5) is 0 Å². The molecule has 2 nitrogen and oxygen atoms in total. The van der Waals surface area contributed by atoms with Gasteiger partial charge in [-0.2, -0.15) is 0 Å². The van der Waals surface area contributed by atoms with Gasteiger partial charge < -0.3 is 4.90 Å². The van der Waals surface area contributed by atoms with Crippen molar-refractivity contribution in [1.29, 1.82) is 0 Å². The number of carbonyl (C=O) groups is 1. The van der Waals surface area contributed by atoms with Crippen molar-refractivity contribution < 1.29 is 4.79 Å². The summed E-state index contributed by atoms with van der Waals surface area (Å²) in [5, 5.41) is 0. The third kappa shape index (κ3) is 3.76. The molecule has 124 valence electrons. The van der Waals surface area contributed by atoms with Gasteiger partial charge in [-0.05, 0) is 42.9 Å². The Morgan fingerprint density at radius 2 is 1.71 bits per heavy atom. The summed E-state index contributed by atoms with van der Waals surface area (Å²) in [7, 11) is 0. The van der Waals surface area contributed by atoms with E-state index in [2.05, 4.69) is 11.8 Å². The largest absolute Gasteiger partial charge is 0.336 e. The van der Waals surface area contributed by atoms with Crippen LogP contribution in [0, 0.1) is 0 Å². The van der Waals surface area contributed by atoms with Gasteiger partial charge in [0.15, 0.2) is 0 Å². The van der Waals surface area contributed by atoms with Gasteiger partial charge in [-0.3, -0.25) is 4.79 Å². The van der Waals surface area contributed by atoms with Gasteiger partial charge in [0.05, 0.1) is 0 Å². The first-order chi connectivity index (χ1) is 11.8. The van der Waals surface area contributed by atoms with Crippen LogP contribution in [0.5, 0.6) is 0 Å². The van der Waals surface area contributed by atoms with Crippen molar-refractivity contribution in [2.75, 3.05) is 6.54 Å². The topological polar surface area (TPSA) is 20.3 Å². The Hall–Kier alpha value is -2.35. The Morgan fingerprint density at radius 1 is 1.04 bits per heavy atom. The van der Waals surface area contributed by atoms with Gasteiger partial charge >= 0.3 is 0 Å². The monoisotopic (exact) mass is 319 g/mol. The lowest BCUT2D eigenvalue weighted by Crippen LogP contribution is -2.43. The summed E-state index contributed by atoms with van der Waals surface area (Å²) in [6, 6.07) is 20.5. The molecular weight excluding hydrogens is 294 g/mol. The van der Waals surface area contributed by atoms with Gasteiger partial charge in [-0.25, -0.2) is 0 Å². The van der Waals surface area contributed by atoms with Crippen LogP contribution in [0.25, 0.3) is 11.6 Å². The lowest BCUT2D eigenvalue weighted by atomic mass is 9.96. The predicted molar refractivity (Wildman–Crippen MR) is 100 cm³/mol. The quantitative estimate of drug-likeness (QED) is 0.572. The Morgan fingerprint density at radius 3 is 2.38 bits per heavy atom. The lowest BCUT2D eigenvalue weighted by Gasteiger charge is -2.36. The molecule has 1 fully saturated rings. The van der Waals surface area contributed by atoms with Crippen LogP contribution in [0.2, 0.25) is 0 Å². The van der Waals surface area contributed by atoms with E-state index in [0.717, 1.165) is 42.5 Å². The first kappa shape index (κ1) is 16.5. The zero-order valence-electron chi connectivity index (χ0n) is 14.3. The van der Waals surface area contributed by atoms with E-state index >= 15 is 0 Å². The second-order valence-electron chi connectivity index (χ2n) is 6.39. The maximum Gasteiger partial charge on any atom is 0.254 e. The number of likely N-dealkylation sites (tertiary alicyclic amines) is 1. The van der Waals surface area contributed by atoms with Crippen LogP contribution in [-0.2, 0) is 4.79 Å². The summed E-state index contributed by atoms with van der Waals surface area (Å²) in [6.45, 7) is 3.05. The standard InChI is InChI=1S/C22H25NO/c1-2-20-15-9-10-16-23(20)22(24)21(19-13-7-4-8-14-19)17-18-11-5-3-6-12-18/h3-8,11-14,17,20H,2,9-10,15-16H2,1H3. The zero-order valence-corrected chi connectivity index (χ0v) is 14.3. The number of carbonyl (C=O) groups excluding carboxylic acids is 1. The summed E-state index contributed by atoms with van der Waals surface area (Å²) in [5.41, 5.74) is 2.85. The smallest absolute Gasteiger partial charge is 0.254 e. The highest BCUT2D eigenvalue weighted by Gasteiger charge is 2.27. The van der Waals surface area contributed by atoms with Crippen molar-refractivity contribution in [2.24, 2.45) is 0 Å². The Balaban J connectivity index is 1.98. The second-order valence-corrected chi connectivity index (χ2v) is 6.39. The fourth-order valence-corrected chi connectivity index (χ4v) is 3.45. The average Bonchev–Trinajstić information content (AvgIpc) is 2.67. The van der Waals surface area contributed by atoms with Crippen LogP contribution < -0.4 is 0 Å². The van der Waals surface area contributed by atoms with E-state index < -0.39 is 0 Å². The van der Waals surface area contributed by atoms with E-state index in [4.69, 9.17) is 0 Å². The first-order valence-corrected chi connectivity index (χ1v) is 8.92. The summed E-state index contributed by atoms with van der Waals surface area (Å²) >= 11 is 0. The lowest BCUT2D eigenvalue weighted by molar-refractivity contribution is -0.128. The van der Waals surface area contributed by atoms with E-state index in [1.54, 1.807) is 0 Å². The highest BCUT2D eigenvalue weighted by atomic mass is 16.2. The molecule has 1 saturated heterocycles. The van der Waals surface area contributed by atoms with E-state index in [-0.39, 0.29) is 5.91 Å². The van der Waals surface area contributed by atoms with Gasteiger partial charge in [0.2, 0.25) is 0 Å². The number of nitrogens with zero attached hydrogens (tertiary/aromatic N) is 1. The van der Waals surface area contributed by atoms with Gasteiger partial charge in [-0.15, -0.1) is 0 Å². The molecule has 0 saturated carbocycles. The molecule has 1 atom stereocenters. The molecule has 3 rings (SSSR count). The van der Waals surface area contributed by atoms with E-state index in [1.807, 2.05) is 66.7 Å². The van der Waals surface area contributed by atoms with E-state index in [9.17, 15) is 4.79 Å². The molecule has 1 aliphatic heterocycles. The normalized spacial score (nSPS) is 18.5. The van der Waals surface area contributed by atoms with Crippen molar-refractivity contribution in [3.8, 4) is 0 Å². The van der Waals surface area contributed by atoms with E-state index in [1.165, 1.54) is 6.42 Å². The minimum absolute atomic E-state index is 0.164. The molecule has 1 unspecified atom stereocenters. The molecule has 1 aliphatic rings.